The summed E-state index contributed by atoms with van der Waals surface area (Å²) in [6, 6.07) is 13.1. The molecular weight excluding hydrogens is 330 g/mol. The number of para-hydroxylation sites is 1. The molecule has 0 unspecified atom stereocenters. The first-order chi connectivity index (χ1) is 12.8. The predicted octanol–water partition coefficient (Wildman–Crippen LogP) is 2.16. The summed E-state index contributed by atoms with van der Waals surface area (Å²) in [6.07, 6.45) is 5.41. The summed E-state index contributed by atoms with van der Waals surface area (Å²) in [5.41, 5.74) is 1.03. The first-order valence-electron chi connectivity index (χ1n) is 8.59. The lowest BCUT2D eigenvalue weighted by Gasteiger charge is -2.33. The molecule has 132 valence electrons. The maximum atomic E-state index is 12.3. The molecular formula is C18H19N7O. The minimum Gasteiger partial charge on any atom is -0.353 e. The van der Waals surface area contributed by atoms with Crippen LogP contribution in [0.3, 0.4) is 0 Å². The Balaban J connectivity index is 1.43. The number of rotatable bonds is 4. The molecule has 0 radical (unpaired) electrons. The van der Waals surface area contributed by atoms with E-state index in [4.69, 9.17) is 0 Å². The Hall–Kier alpha value is -3.29. The van der Waals surface area contributed by atoms with Crippen LogP contribution in [0.1, 0.15) is 29.4 Å². The van der Waals surface area contributed by atoms with Crippen LogP contribution in [-0.2, 0) is 0 Å². The summed E-state index contributed by atoms with van der Waals surface area (Å²) in [4.78, 5) is 18.5. The molecule has 1 saturated heterocycles. The zero-order valence-electron chi connectivity index (χ0n) is 14.2. The van der Waals surface area contributed by atoms with Crippen molar-refractivity contribution in [2.75, 3.05) is 23.3 Å². The summed E-state index contributed by atoms with van der Waals surface area (Å²) in [5, 5.41) is 15.4. The average Bonchev–Trinajstić information content (AvgIpc) is 3.24. The summed E-state index contributed by atoms with van der Waals surface area (Å²) >= 11 is 0. The van der Waals surface area contributed by atoms with E-state index in [1.165, 1.54) is 0 Å². The fourth-order valence-corrected chi connectivity index (χ4v) is 3.12. The van der Waals surface area contributed by atoms with Crippen molar-refractivity contribution >= 4 is 17.4 Å². The molecule has 1 aliphatic heterocycles. The Morgan fingerprint density at radius 2 is 2.00 bits per heavy atom. The van der Waals surface area contributed by atoms with E-state index in [0.717, 1.165) is 37.4 Å². The standard InChI is InChI=1S/C18H19N7O/c26-18(21-14-5-2-1-3-6-14)16-8-9-17(23-22-16)24-10-4-7-15(11-24)25-13-19-12-20-25/h1-3,5-6,8-9,12-13,15H,4,7,10-11H2,(H,21,26)/t15-/m1/s1. The number of nitrogens with zero attached hydrogens (tertiary/aromatic N) is 6. The number of amides is 1. The van der Waals surface area contributed by atoms with E-state index in [2.05, 4.69) is 30.5 Å². The molecule has 1 N–H and O–H groups in total. The van der Waals surface area contributed by atoms with E-state index in [1.54, 1.807) is 18.7 Å². The Morgan fingerprint density at radius 3 is 2.73 bits per heavy atom. The second kappa shape index (κ2) is 7.30. The summed E-state index contributed by atoms with van der Waals surface area (Å²) in [7, 11) is 0. The molecule has 1 amide bonds. The van der Waals surface area contributed by atoms with E-state index in [9.17, 15) is 4.79 Å². The van der Waals surface area contributed by atoms with Crippen LogP contribution < -0.4 is 10.2 Å². The Morgan fingerprint density at radius 1 is 1.12 bits per heavy atom. The largest absolute Gasteiger partial charge is 0.353 e. The third-order valence-electron chi connectivity index (χ3n) is 4.45. The fourth-order valence-electron chi connectivity index (χ4n) is 3.12. The molecule has 26 heavy (non-hydrogen) atoms. The third-order valence-corrected chi connectivity index (χ3v) is 4.45. The second-order valence-electron chi connectivity index (χ2n) is 6.21. The van der Waals surface area contributed by atoms with Gasteiger partial charge in [-0.25, -0.2) is 9.67 Å². The number of benzene rings is 1. The van der Waals surface area contributed by atoms with Crippen molar-refractivity contribution < 1.29 is 4.79 Å². The molecule has 8 nitrogen and oxygen atoms in total. The minimum atomic E-state index is -0.269. The molecule has 1 aliphatic rings. The van der Waals surface area contributed by atoms with Crippen LogP contribution >= 0.6 is 0 Å². The molecule has 0 aliphatic carbocycles. The number of piperidine rings is 1. The summed E-state index contributed by atoms with van der Waals surface area (Å²) in [6.45, 7) is 1.71. The third kappa shape index (κ3) is 3.53. The zero-order valence-corrected chi connectivity index (χ0v) is 14.2. The minimum absolute atomic E-state index is 0.269. The van der Waals surface area contributed by atoms with Gasteiger partial charge in [0.05, 0.1) is 6.04 Å². The highest BCUT2D eigenvalue weighted by Crippen LogP contribution is 2.24. The molecule has 2 aromatic heterocycles. The quantitative estimate of drug-likeness (QED) is 0.776. The van der Waals surface area contributed by atoms with Crippen LogP contribution in [0.15, 0.2) is 55.1 Å². The van der Waals surface area contributed by atoms with Gasteiger partial charge in [0.15, 0.2) is 11.5 Å². The fraction of sp³-hybridized carbons (Fsp3) is 0.278. The van der Waals surface area contributed by atoms with Crippen LogP contribution in [0.4, 0.5) is 11.5 Å². The summed E-state index contributed by atoms with van der Waals surface area (Å²) in [5.74, 6) is 0.500. The van der Waals surface area contributed by atoms with Gasteiger partial charge in [-0.15, -0.1) is 10.2 Å². The van der Waals surface area contributed by atoms with Gasteiger partial charge >= 0.3 is 0 Å². The van der Waals surface area contributed by atoms with Crippen LogP contribution in [0, 0.1) is 0 Å². The SMILES string of the molecule is O=C(Nc1ccccc1)c1ccc(N2CCC[C@@H](n3cncn3)C2)nn1. The van der Waals surface area contributed by atoms with Gasteiger partial charge < -0.3 is 10.2 Å². The maximum Gasteiger partial charge on any atom is 0.276 e. The lowest BCUT2D eigenvalue weighted by molar-refractivity contribution is 0.102. The first-order valence-corrected chi connectivity index (χ1v) is 8.59. The van der Waals surface area contributed by atoms with E-state index < -0.39 is 0 Å². The van der Waals surface area contributed by atoms with Crippen LogP contribution in [0.2, 0.25) is 0 Å². The van der Waals surface area contributed by atoms with Crippen molar-refractivity contribution in [1.29, 1.82) is 0 Å². The van der Waals surface area contributed by atoms with Gasteiger partial charge in [0.1, 0.15) is 12.7 Å². The van der Waals surface area contributed by atoms with E-state index in [0.29, 0.717) is 5.69 Å². The van der Waals surface area contributed by atoms with Gasteiger partial charge in [-0.2, -0.15) is 5.10 Å². The molecule has 3 aromatic rings. The smallest absolute Gasteiger partial charge is 0.276 e. The van der Waals surface area contributed by atoms with Crippen molar-refractivity contribution in [1.82, 2.24) is 25.0 Å². The molecule has 8 heteroatoms. The molecule has 4 rings (SSSR count). The van der Waals surface area contributed by atoms with Crippen molar-refractivity contribution in [2.45, 2.75) is 18.9 Å². The molecule has 1 aromatic carbocycles. The van der Waals surface area contributed by atoms with Crippen LogP contribution in [0.25, 0.3) is 0 Å². The maximum absolute atomic E-state index is 12.3. The topological polar surface area (TPSA) is 88.8 Å². The number of anilines is 2. The lowest BCUT2D eigenvalue weighted by atomic mass is 10.1. The highest BCUT2D eigenvalue weighted by Gasteiger charge is 2.23. The first kappa shape index (κ1) is 16.2. The number of carbonyl (C=O) groups excluding carboxylic acids is 1. The summed E-state index contributed by atoms with van der Waals surface area (Å²) < 4.78 is 1.89. The molecule has 0 saturated carbocycles. The Labute approximate surface area is 150 Å². The number of carbonyl (C=O) groups is 1. The Kier molecular flexibility index (Phi) is 4.55. The van der Waals surface area contributed by atoms with E-state index >= 15 is 0 Å². The van der Waals surface area contributed by atoms with Crippen LogP contribution in [-0.4, -0.2) is 44.0 Å². The van der Waals surface area contributed by atoms with Gasteiger partial charge in [-0.05, 0) is 37.1 Å². The zero-order chi connectivity index (χ0) is 17.8. The highest BCUT2D eigenvalue weighted by molar-refractivity contribution is 6.02. The van der Waals surface area contributed by atoms with Gasteiger partial charge in [-0.1, -0.05) is 18.2 Å². The molecule has 0 spiro atoms. The van der Waals surface area contributed by atoms with Gasteiger partial charge in [0, 0.05) is 18.8 Å². The number of hydrogen-bond acceptors (Lipinski definition) is 6. The number of hydrogen-bond donors (Lipinski definition) is 1. The van der Waals surface area contributed by atoms with Gasteiger partial charge in [0.25, 0.3) is 5.91 Å². The number of aromatic nitrogens is 5. The van der Waals surface area contributed by atoms with Crippen molar-refractivity contribution in [3.05, 3.63) is 60.8 Å². The van der Waals surface area contributed by atoms with E-state index in [-0.39, 0.29) is 11.9 Å². The van der Waals surface area contributed by atoms with Crippen molar-refractivity contribution in [2.24, 2.45) is 0 Å². The van der Waals surface area contributed by atoms with Crippen LogP contribution in [0.5, 0.6) is 0 Å². The highest BCUT2D eigenvalue weighted by atomic mass is 16.1. The second-order valence-corrected chi connectivity index (χ2v) is 6.21. The van der Waals surface area contributed by atoms with Gasteiger partial charge in [-0.3, -0.25) is 4.79 Å². The normalized spacial score (nSPS) is 17.1. The van der Waals surface area contributed by atoms with Crippen molar-refractivity contribution in [3.63, 3.8) is 0 Å². The van der Waals surface area contributed by atoms with Gasteiger partial charge in [0.2, 0.25) is 0 Å². The molecule has 3 heterocycles. The molecule has 0 bridgehead atoms. The monoisotopic (exact) mass is 349 g/mol. The molecule has 1 atom stereocenters. The molecule has 1 fully saturated rings. The van der Waals surface area contributed by atoms with E-state index in [1.807, 2.05) is 41.1 Å². The lowest BCUT2D eigenvalue weighted by Crippen LogP contribution is -2.37. The Bertz CT molecular complexity index is 849. The predicted molar refractivity (Wildman–Crippen MR) is 96.9 cm³/mol. The van der Waals surface area contributed by atoms with Crippen molar-refractivity contribution in [3.8, 4) is 0 Å². The number of nitrogens with one attached hydrogen (secondary N) is 1. The average molecular weight is 349 g/mol.